The van der Waals surface area contributed by atoms with E-state index in [2.05, 4.69) is 40.5 Å². The van der Waals surface area contributed by atoms with Crippen molar-refractivity contribution in [3.8, 4) is 0 Å². The van der Waals surface area contributed by atoms with Gasteiger partial charge in [0.25, 0.3) is 0 Å². The van der Waals surface area contributed by atoms with E-state index in [4.69, 9.17) is 36.2 Å². The standard InChI is InChI=1S/C20H30N8O12P4/c1-33-41(29,34-2)17-23-15(24-18(27-17)42(30,35-3)36-4)21-13-10-9-11-14(12-13)22-16-25-19(43(31,37-5)38-6)28-20(26-16)44(32,39-7)40-8/h9-12H,1-8H3,(H,21,23,24,27)(H,22,25,26,28). The molecule has 24 heteroatoms. The number of aromatic nitrogens is 6. The number of nitrogens with zero attached hydrogens (tertiary/aromatic N) is 6. The molecule has 0 spiro atoms. The van der Waals surface area contributed by atoms with Crippen LogP contribution in [0.2, 0.25) is 0 Å². The zero-order valence-electron chi connectivity index (χ0n) is 24.7. The number of anilines is 4. The molecule has 1 aromatic carbocycles. The van der Waals surface area contributed by atoms with E-state index < -0.39 is 52.6 Å². The molecule has 0 fully saturated rings. The van der Waals surface area contributed by atoms with E-state index in [1.54, 1.807) is 18.2 Å². The molecule has 20 nitrogen and oxygen atoms in total. The average Bonchev–Trinajstić information content (AvgIpc) is 3.06. The molecular formula is C20H30N8O12P4. The summed E-state index contributed by atoms with van der Waals surface area (Å²) >= 11 is 0. The van der Waals surface area contributed by atoms with E-state index in [1.165, 1.54) is 6.07 Å². The zero-order valence-corrected chi connectivity index (χ0v) is 28.3. The fraction of sp³-hybridized carbons (Fsp3) is 0.400. The van der Waals surface area contributed by atoms with Gasteiger partial charge in [0.1, 0.15) is 0 Å². The van der Waals surface area contributed by atoms with Crippen molar-refractivity contribution < 1.29 is 54.5 Å². The zero-order chi connectivity index (χ0) is 32.8. The van der Waals surface area contributed by atoms with Crippen LogP contribution in [-0.2, 0) is 54.5 Å². The van der Waals surface area contributed by atoms with Crippen molar-refractivity contribution in [1.29, 1.82) is 0 Å². The highest BCUT2D eigenvalue weighted by Gasteiger charge is 2.37. The molecule has 242 valence electrons. The first-order chi connectivity index (χ1) is 20.8. The van der Waals surface area contributed by atoms with Crippen LogP contribution in [-0.4, -0.2) is 86.8 Å². The maximum atomic E-state index is 13.1. The van der Waals surface area contributed by atoms with Crippen molar-refractivity contribution in [3.05, 3.63) is 24.3 Å². The predicted molar refractivity (Wildman–Crippen MR) is 158 cm³/mol. The lowest BCUT2D eigenvalue weighted by molar-refractivity contribution is 0.282. The molecule has 2 aromatic heterocycles. The van der Waals surface area contributed by atoms with Gasteiger partial charge < -0.3 is 46.8 Å². The molecule has 44 heavy (non-hydrogen) atoms. The van der Waals surface area contributed by atoms with E-state index in [1.807, 2.05) is 0 Å². The molecule has 0 aliphatic rings. The average molecular weight is 698 g/mol. The highest BCUT2D eigenvalue weighted by Crippen LogP contribution is 2.48. The van der Waals surface area contributed by atoms with Crippen molar-refractivity contribution in [2.45, 2.75) is 0 Å². The Bertz CT molecular complexity index is 1440. The summed E-state index contributed by atoms with van der Waals surface area (Å²) in [6, 6.07) is 6.34. The maximum Gasteiger partial charge on any atom is 0.398 e. The monoisotopic (exact) mass is 698 g/mol. The maximum absolute atomic E-state index is 13.1. The van der Waals surface area contributed by atoms with Crippen LogP contribution in [0.15, 0.2) is 24.3 Å². The second kappa shape index (κ2) is 14.7. The molecule has 0 amide bonds. The number of benzene rings is 1. The predicted octanol–water partition coefficient (Wildman–Crippen LogP) is 1.99. The van der Waals surface area contributed by atoms with Gasteiger partial charge >= 0.3 is 30.4 Å². The normalized spacial score (nSPS) is 12.7. The first-order valence-corrected chi connectivity index (χ1v) is 18.0. The second-order valence-electron chi connectivity index (χ2n) is 7.80. The fourth-order valence-electron chi connectivity index (χ4n) is 3.19. The molecule has 2 N–H and O–H groups in total. The molecule has 3 aromatic rings. The third-order valence-electron chi connectivity index (χ3n) is 5.50. The van der Waals surface area contributed by atoms with E-state index in [-0.39, 0.29) is 11.9 Å². The second-order valence-corrected chi connectivity index (χ2v) is 16.3. The molecular weight excluding hydrogens is 668 g/mol. The minimum atomic E-state index is -4.04. The van der Waals surface area contributed by atoms with Gasteiger partial charge in [0, 0.05) is 68.3 Å². The first-order valence-electron chi connectivity index (χ1n) is 11.9. The summed E-state index contributed by atoms with van der Waals surface area (Å²) in [5.41, 5.74) is -1.20. The Morgan fingerprint density at radius 3 is 0.932 bits per heavy atom. The van der Waals surface area contributed by atoms with Crippen LogP contribution in [0.5, 0.6) is 0 Å². The Balaban J connectivity index is 2.07. The van der Waals surface area contributed by atoms with Crippen molar-refractivity contribution in [3.63, 3.8) is 0 Å². The Labute approximate surface area is 252 Å². The minimum Gasteiger partial charge on any atom is -0.324 e. The minimum absolute atomic E-state index is 0.224. The number of hydrogen-bond donors (Lipinski definition) is 2. The number of hydrogen-bond acceptors (Lipinski definition) is 20. The molecule has 3 rings (SSSR count). The molecule has 0 atom stereocenters. The van der Waals surface area contributed by atoms with Gasteiger partial charge in [0.15, 0.2) is 0 Å². The highest BCUT2D eigenvalue weighted by molar-refractivity contribution is 7.63. The molecule has 0 bridgehead atoms. The lowest BCUT2D eigenvalue weighted by Gasteiger charge is -2.17. The lowest BCUT2D eigenvalue weighted by atomic mass is 10.3. The van der Waals surface area contributed by atoms with Crippen LogP contribution < -0.4 is 32.9 Å². The van der Waals surface area contributed by atoms with Crippen LogP contribution in [0.4, 0.5) is 23.3 Å². The van der Waals surface area contributed by atoms with Crippen molar-refractivity contribution in [1.82, 2.24) is 29.9 Å². The summed E-state index contributed by atoms with van der Waals surface area (Å²) in [5, 5.41) is 5.74. The van der Waals surface area contributed by atoms with E-state index in [9.17, 15) is 18.3 Å². The number of nitrogens with one attached hydrogen (secondary N) is 2. The summed E-state index contributed by atoms with van der Waals surface area (Å²) in [5.74, 6) is -0.449. The van der Waals surface area contributed by atoms with Crippen molar-refractivity contribution in [2.24, 2.45) is 0 Å². The Morgan fingerprint density at radius 2 is 0.705 bits per heavy atom. The van der Waals surface area contributed by atoms with Gasteiger partial charge in [-0.25, -0.2) is 0 Å². The topological polar surface area (TPSA) is 244 Å². The third kappa shape index (κ3) is 7.62. The first kappa shape index (κ1) is 35.9. The molecule has 0 aliphatic heterocycles. The van der Waals surface area contributed by atoms with E-state index in [0.29, 0.717) is 11.4 Å². The van der Waals surface area contributed by atoms with Gasteiger partial charge in [-0.3, -0.25) is 18.3 Å². The van der Waals surface area contributed by atoms with Crippen LogP contribution in [0.25, 0.3) is 0 Å². The largest absolute Gasteiger partial charge is 0.398 e. The summed E-state index contributed by atoms with van der Waals surface area (Å²) in [4.78, 5) is 24.3. The molecule has 0 aliphatic carbocycles. The van der Waals surface area contributed by atoms with Gasteiger partial charge in [-0.1, -0.05) is 6.07 Å². The fourth-order valence-corrected chi connectivity index (χ4v) is 6.99. The molecule has 0 radical (unpaired) electrons. The van der Waals surface area contributed by atoms with Gasteiger partial charge in [0.05, 0.1) is 0 Å². The number of rotatable bonds is 16. The van der Waals surface area contributed by atoms with Gasteiger partial charge in [-0.05, 0) is 18.2 Å². The van der Waals surface area contributed by atoms with Crippen LogP contribution in [0.1, 0.15) is 0 Å². The van der Waals surface area contributed by atoms with Crippen LogP contribution in [0, 0.1) is 0 Å². The van der Waals surface area contributed by atoms with E-state index in [0.717, 1.165) is 56.9 Å². The van der Waals surface area contributed by atoms with Crippen LogP contribution in [0.3, 0.4) is 0 Å². The summed E-state index contributed by atoms with van der Waals surface area (Å²) in [7, 11) is -7.20. The van der Waals surface area contributed by atoms with E-state index >= 15 is 0 Å². The summed E-state index contributed by atoms with van der Waals surface area (Å²) < 4.78 is 92.0. The summed E-state index contributed by atoms with van der Waals surface area (Å²) in [6.45, 7) is 0. The Hall–Kier alpha value is -2.56. The third-order valence-corrected chi connectivity index (χ3v) is 12.1. The Morgan fingerprint density at radius 1 is 0.455 bits per heavy atom. The van der Waals surface area contributed by atoms with Gasteiger partial charge in [0.2, 0.25) is 34.2 Å². The van der Waals surface area contributed by atoms with Crippen LogP contribution >= 0.6 is 30.4 Å². The van der Waals surface area contributed by atoms with Gasteiger partial charge in [-0.2, -0.15) is 29.9 Å². The van der Waals surface area contributed by atoms with Crippen molar-refractivity contribution in [2.75, 3.05) is 67.5 Å². The lowest BCUT2D eigenvalue weighted by Crippen LogP contribution is -2.30. The van der Waals surface area contributed by atoms with Gasteiger partial charge in [-0.15, -0.1) is 0 Å². The van der Waals surface area contributed by atoms with Crippen molar-refractivity contribution >= 4 is 75.9 Å². The molecule has 0 saturated heterocycles. The highest BCUT2D eigenvalue weighted by atomic mass is 31.2. The molecule has 0 unspecified atom stereocenters. The summed E-state index contributed by atoms with van der Waals surface area (Å²) in [6.07, 6.45) is 0. The Kier molecular flexibility index (Phi) is 12.0. The molecule has 2 heterocycles. The molecule has 0 saturated carbocycles. The smallest absolute Gasteiger partial charge is 0.324 e. The SMILES string of the molecule is COP(=O)(OC)c1nc(Nc2cccc(Nc3nc(P(=O)(OC)OC)nc(P(=O)(OC)OC)n3)c2)nc(P(=O)(OC)OC)n1. The quantitative estimate of drug-likeness (QED) is 0.203.